The summed E-state index contributed by atoms with van der Waals surface area (Å²) in [5, 5.41) is 0. The molecule has 0 amide bonds. The van der Waals surface area contributed by atoms with Gasteiger partial charge in [-0.05, 0) is 38.3 Å². The van der Waals surface area contributed by atoms with Crippen molar-refractivity contribution >= 4 is 10.1 Å². The first-order valence-electron chi connectivity index (χ1n) is 9.51. The molecule has 1 aromatic rings. The summed E-state index contributed by atoms with van der Waals surface area (Å²) >= 11 is 0. The summed E-state index contributed by atoms with van der Waals surface area (Å²) in [6.45, 7) is 8.59. The van der Waals surface area contributed by atoms with Crippen molar-refractivity contribution < 1.29 is 13.0 Å². The largest absolute Gasteiger partial charge is 0.325 e. The fourth-order valence-corrected chi connectivity index (χ4v) is 3.15. The van der Waals surface area contributed by atoms with Gasteiger partial charge in [0.25, 0.3) is 10.1 Å². The summed E-state index contributed by atoms with van der Waals surface area (Å²) < 4.78 is 29.6. The Morgan fingerprint density at radius 2 is 1.24 bits per heavy atom. The molecule has 146 valence electrons. The Bertz CT molecular complexity index is 531. The fourth-order valence-electron chi connectivity index (χ4n) is 2.67. The van der Waals surface area contributed by atoms with Gasteiger partial charge in [-0.1, -0.05) is 77.0 Å². The molecule has 4 nitrogen and oxygen atoms in total. The van der Waals surface area contributed by atoms with Crippen molar-refractivity contribution in [2.24, 2.45) is 5.73 Å². The SMILES string of the molecule is CCCCC(N)(CCCC)CCCC.Cc1ccc(S(=O)(=O)O)cc1. The van der Waals surface area contributed by atoms with Crippen molar-refractivity contribution in [2.45, 2.75) is 95.9 Å². The zero-order valence-electron chi connectivity index (χ0n) is 16.4. The number of hydrogen-bond donors (Lipinski definition) is 2. The molecule has 3 N–H and O–H groups in total. The normalized spacial score (nSPS) is 11.8. The molecule has 1 rings (SSSR count). The lowest BCUT2D eigenvalue weighted by atomic mass is 9.84. The monoisotopic (exact) mass is 371 g/mol. The Kier molecular flexibility index (Phi) is 12.0. The van der Waals surface area contributed by atoms with Crippen molar-refractivity contribution in [3.8, 4) is 0 Å². The van der Waals surface area contributed by atoms with Crippen LogP contribution in [0.25, 0.3) is 0 Å². The highest BCUT2D eigenvalue weighted by Gasteiger charge is 2.22. The van der Waals surface area contributed by atoms with E-state index in [1.54, 1.807) is 12.1 Å². The minimum absolute atomic E-state index is 0.0666. The second-order valence-electron chi connectivity index (χ2n) is 6.96. The third kappa shape index (κ3) is 11.3. The maximum Gasteiger partial charge on any atom is 0.294 e. The maximum atomic E-state index is 10.5. The second kappa shape index (κ2) is 12.4. The summed E-state index contributed by atoms with van der Waals surface area (Å²) in [7, 11) is -4.02. The summed E-state index contributed by atoms with van der Waals surface area (Å²) in [5.41, 5.74) is 7.57. The molecule has 0 saturated carbocycles. The van der Waals surface area contributed by atoms with Crippen molar-refractivity contribution in [1.82, 2.24) is 0 Å². The Hall–Kier alpha value is -0.910. The first-order chi connectivity index (χ1) is 11.7. The van der Waals surface area contributed by atoms with Gasteiger partial charge in [0, 0.05) is 5.54 Å². The van der Waals surface area contributed by atoms with Gasteiger partial charge in [-0.15, -0.1) is 0 Å². The van der Waals surface area contributed by atoms with E-state index in [0.29, 0.717) is 0 Å². The average molecular weight is 372 g/mol. The summed E-state index contributed by atoms with van der Waals surface area (Å²) in [5.74, 6) is 0. The molecular weight excluding hydrogens is 334 g/mol. The maximum absolute atomic E-state index is 10.5. The van der Waals surface area contributed by atoms with Crippen molar-refractivity contribution in [2.75, 3.05) is 0 Å². The van der Waals surface area contributed by atoms with Gasteiger partial charge in [0.15, 0.2) is 0 Å². The molecule has 0 spiro atoms. The Balaban J connectivity index is 0.000000472. The lowest BCUT2D eigenvalue weighted by Gasteiger charge is -2.29. The first-order valence-corrected chi connectivity index (χ1v) is 11.0. The molecule has 1 aromatic carbocycles. The lowest BCUT2D eigenvalue weighted by molar-refractivity contribution is 0.313. The van der Waals surface area contributed by atoms with Gasteiger partial charge in [0.2, 0.25) is 0 Å². The smallest absolute Gasteiger partial charge is 0.294 e. The van der Waals surface area contributed by atoms with Crippen LogP contribution in [-0.4, -0.2) is 18.5 Å². The van der Waals surface area contributed by atoms with E-state index in [9.17, 15) is 8.42 Å². The second-order valence-corrected chi connectivity index (χ2v) is 8.38. The summed E-state index contributed by atoms with van der Waals surface area (Å²) in [6, 6.07) is 5.99. The predicted molar refractivity (Wildman–Crippen MR) is 106 cm³/mol. The average Bonchev–Trinajstić information content (AvgIpc) is 2.57. The molecule has 0 bridgehead atoms. The van der Waals surface area contributed by atoms with Gasteiger partial charge in [0.1, 0.15) is 0 Å². The third-order valence-corrected chi connectivity index (χ3v) is 5.27. The van der Waals surface area contributed by atoms with Gasteiger partial charge >= 0.3 is 0 Å². The van der Waals surface area contributed by atoms with E-state index in [1.165, 1.54) is 69.9 Å². The number of aryl methyl sites for hydroxylation is 1. The van der Waals surface area contributed by atoms with Crippen LogP contribution in [-0.2, 0) is 10.1 Å². The van der Waals surface area contributed by atoms with Gasteiger partial charge in [-0.25, -0.2) is 0 Å². The van der Waals surface area contributed by atoms with E-state index >= 15 is 0 Å². The van der Waals surface area contributed by atoms with E-state index in [-0.39, 0.29) is 10.4 Å². The highest BCUT2D eigenvalue weighted by molar-refractivity contribution is 7.85. The molecule has 0 unspecified atom stereocenters. The molecule has 0 fully saturated rings. The Morgan fingerprint density at radius 1 is 0.880 bits per heavy atom. The van der Waals surface area contributed by atoms with E-state index in [1.807, 2.05) is 6.92 Å². The van der Waals surface area contributed by atoms with Crippen LogP contribution in [0.15, 0.2) is 29.2 Å². The molecule has 0 atom stereocenters. The zero-order valence-corrected chi connectivity index (χ0v) is 17.2. The van der Waals surface area contributed by atoms with Gasteiger partial charge < -0.3 is 5.73 Å². The molecule has 0 aliphatic heterocycles. The minimum atomic E-state index is -4.02. The Morgan fingerprint density at radius 3 is 1.52 bits per heavy atom. The number of unbranched alkanes of at least 4 members (excludes halogenated alkanes) is 3. The molecule has 25 heavy (non-hydrogen) atoms. The molecule has 0 aromatic heterocycles. The number of benzene rings is 1. The highest BCUT2D eigenvalue weighted by atomic mass is 32.2. The molecule has 0 saturated heterocycles. The molecule has 0 aliphatic carbocycles. The summed E-state index contributed by atoms with van der Waals surface area (Å²) in [4.78, 5) is -0.0666. The quantitative estimate of drug-likeness (QED) is 0.532. The van der Waals surface area contributed by atoms with Crippen LogP contribution in [0.1, 0.15) is 84.1 Å². The predicted octanol–water partition coefficient (Wildman–Crippen LogP) is 5.50. The van der Waals surface area contributed by atoms with E-state index in [0.717, 1.165) is 5.56 Å². The van der Waals surface area contributed by atoms with Gasteiger partial charge in [-0.2, -0.15) is 8.42 Å². The van der Waals surface area contributed by atoms with Crippen molar-refractivity contribution in [3.05, 3.63) is 29.8 Å². The van der Waals surface area contributed by atoms with Crippen LogP contribution >= 0.6 is 0 Å². The first kappa shape index (κ1) is 24.1. The standard InChI is InChI=1S/C13H29N.C7H8O3S/c1-4-7-10-13(14,11-8-5-2)12-9-6-3;1-6-2-4-7(5-3-6)11(8,9)10/h4-12,14H2,1-3H3;2-5H,1H3,(H,8,9,10). The van der Waals surface area contributed by atoms with Crippen molar-refractivity contribution in [3.63, 3.8) is 0 Å². The van der Waals surface area contributed by atoms with Crippen molar-refractivity contribution in [1.29, 1.82) is 0 Å². The van der Waals surface area contributed by atoms with E-state index < -0.39 is 10.1 Å². The minimum Gasteiger partial charge on any atom is -0.325 e. The highest BCUT2D eigenvalue weighted by Crippen LogP contribution is 2.24. The molecule has 0 aliphatic rings. The fraction of sp³-hybridized carbons (Fsp3) is 0.700. The van der Waals surface area contributed by atoms with Crippen LogP contribution in [0.2, 0.25) is 0 Å². The number of rotatable bonds is 10. The third-order valence-electron chi connectivity index (χ3n) is 4.40. The molecule has 0 heterocycles. The van der Waals surface area contributed by atoms with Crippen LogP contribution in [0.5, 0.6) is 0 Å². The van der Waals surface area contributed by atoms with Gasteiger partial charge in [0.05, 0.1) is 4.90 Å². The topological polar surface area (TPSA) is 80.4 Å². The molecule has 0 radical (unpaired) electrons. The molecular formula is C20H37NO3S. The number of nitrogens with two attached hydrogens (primary N) is 1. The van der Waals surface area contributed by atoms with E-state index in [4.69, 9.17) is 10.3 Å². The van der Waals surface area contributed by atoms with Crippen LogP contribution in [0.3, 0.4) is 0 Å². The van der Waals surface area contributed by atoms with Crippen LogP contribution in [0.4, 0.5) is 0 Å². The van der Waals surface area contributed by atoms with Gasteiger partial charge in [-0.3, -0.25) is 4.55 Å². The summed E-state index contributed by atoms with van der Waals surface area (Å²) in [6.07, 6.45) is 11.4. The van der Waals surface area contributed by atoms with Crippen LogP contribution < -0.4 is 5.73 Å². The lowest BCUT2D eigenvalue weighted by Crippen LogP contribution is -2.39. The van der Waals surface area contributed by atoms with E-state index in [2.05, 4.69) is 20.8 Å². The number of hydrogen-bond acceptors (Lipinski definition) is 3. The Labute approximate surface area is 155 Å². The van der Waals surface area contributed by atoms with Crippen LogP contribution in [0, 0.1) is 6.92 Å². The molecule has 5 heteroatoms. The zero-order chi connectivity index (χ0) is 19.3.